The van der Waals surface area contributed by atoms with Gasteiger partial charge in [0.15, 0.2) is 11.4 Å². The molecule has 10 heteroatoms. The van der Waals surface area contributed by atoms with Gasteiger partial charge in [-0.2, -0.15) is 4.98 Å². The number of halogens is 2. The molecule has 212 valence electrons. The maximum absolute atomic E-state index is 15.7. The van der Waals surface area contributed by atoms with Crippen LogP contribution in [0.2, 0.25) is 0 Å². The number of carbonyl (C=O) groups excluding carboxylic acids is 1. The zero-order chi connectivity index (χ0) is 28.1. The van der Waals surface area contributed by atoms with Gasteiger partial charge in [0.1, 0.15) is 5.75 Å². The Balaban J connectivity index is 1.16. The summed E-state index contributed by atoms with van der Waals surface area (Å²) >= 11 is 0. The van der Waals surface area contributed by atoms with E-state index in [9.17, 15) is 9.90 Å². The number of aliphatic hydroxyl groups excluding tert-OH is 1. The summed E-state index contributed by atoms with van der Waals surface area (Å²) in [7, 11) is 0. The first-order valence-electron chi connectivity index (χ1n) is 14.0. The number of rotatable bonds is 4. The first kappa shape index (κ1) is 26.7. The third-order valence-corrected chi connectivity index (χ3v) is 8.38. The normalized spacial score (nSPS) is 21.8. The van der Waals surface area contributed by atoms with Crippen LogP contribution in [0.4, 0.5) is 14.8 Å². The molecule has 2 saturated heterocycles. The average molecular weight is 553 g/mol. The van der Waals surface area contributed by atoms with Crippen molar-refractivity contribution in [2.45, 2.75) is 69.5 Å². The van der Waals surface area contributed by atoms with Gasteiger partial charge in [0.2, 0.25) is 0 Å². The van der Waals surface area contributed by atoms with E-state index in [1.54, 1.807) is 29.2 Å². The molecule has 40 heavy (non-hydrogen) atoms. The molecule has 1 unspecified atom stereocenters. The molecule has 8 nitrogen and oxygen atoms in total. The van der Waals surface area contributed by atoms with E-state index in [4.69, 9.17) is 9.26 Å². The first-order valence-corrected chi connectivity index (χ1v) is 14.0. The second-order valence-electron chi connectivity index (χ2n) is 11.5. The van der Waals surface area contributed by atoms with Gasteiger partial charge in [-0.05, 0) is 48.2 Å². The number of fused-ring (bicyclic) bond motifs is 1. The largest absolute Gasteiger partial charge is 0.481 e. The number of benzene rings is 2. The fourth-order valence-corrected chi connectivity index (χ4v) is 5.93. The number of amides is 1. The number of piperidine rings is 2. The van der Waals surface area contributed by atoms with Gasteiger partial charge in [0.25, 0.3) is 11.8 Å². The van der Waals surface area contributed by atoms with Gasteiger partial charge in [0, 0.05) is 62.5 Å². The van der Waals surface area contributed by atoms with E-state index in [0.29, 0.717) is 61.3 Å². The Kier molecular flexibility index (Phi) is 6.76. The van der Waals surface area contributed by atoms with Crippen LogP contribution in [-0.2, 0) is 6.42 Å². The fraction of sp³-hybridized carbons (Fsp3) is 0.500. The Morgan fingerprint density at radius 2 is 1.80 bits per heavy atom. The zero-order valence-corrected chi connectivity index (χ0v) is 22.8. The van der Waals surface area contributed by atoms with Crippen LogP contribution in [0.1, 0.15) is 67.2 Å². The minimum absolute atomic E-state index is 0.111. The van der Waals surface area contributed by atoms with Gasteiger partial charge in [-0.3, -0.25) is 4.79 Å². The molecule has 3 aliphatic heterocycles. The van der Waals surface area contributed by atoms with Crippen molar-refractivity contribution in [2.24, 2.45) is 0 Å². The van der Waals surface area contributed by atoms with Crippen molar-refractivity contribution >= 4 is 11.9 Å². The van der Waals surface area contributed by atoms with Crippen LogP contribution in [0.3, 0.4) is 0 Å². The minimum Gasteiger partial charge on any atom is -0.481 e. The average Bonchev–Trinajstić information content (AvgIpc) is 3.44. The molecule has 1 amide bonds. The summed E-state index contributed by atoms with van der Waals surface area (Å²) < 4.78 is 42.8. The van der Waals surface area contributed by atoms with Crippen molar-refractivity contribution in [3.63, 3.8) is 0 Å². The van der Waals surface area contributed by atoms with E-state index < -0.39 is 24.0 Å². The van der Waals surface area contributed by atoms with Crippen molar-refractivity contribution in [3.8, 4) is 16.9 Å². The molecule has 2 aromatic carbocycles. The van der Waals surface area contributed by atoms with Crippen LogP contribution in [0.5, 0.6) is 5.75 Å². The number of likely N-dealkylation sites (tertiary alicyclic amines) is 1. The molecule has 0 saturated carbocycles. The Morgan fingerprint density at radius 3 is 2.48 bits per heavy atom. The van der Waals surface area contributed by atoms with E-state index >= 15 is 8.78 Å². The number of anilines is 1. The number of nitrogens with zero attached hydrogens (tertiary/aromatic N) is 4. The molecule has 4 heterocycles. The van der Waals surface area contributed by atoms with E-state index in [-0.39, 0.29) is 24.7 Å². The third kappa shape index (κ3) is 4.82. The smallest absolute Gasteiger partial charge is 0.324 e. The summed E-state index contributed by atoms with van der Waals surface area (Å²) in [5.41, 5.74) is 1.04. The van der Waals surface area contributed by atoms with E-state index in [1.165, 1.54) is 0 Å². The number of carbonyl (C=O) groups is 1. The van der Waals surface area contributed by atoms with Crippen LogP contribution < -0.4 is 9.64 Å². The Morgan fingerprint density at radius 1 is 1.07 bits per heavy atom. The summed E-state index contributed by atoms with van der Waals surface area (Å²) in [4.78, 5) is 20.8. The topological polar surface area (TPSA) is 91.9 Å². The number of aromatic nitrogens is 2. The van der Waals surface area contributed by atoms with Crippen LogP contribution in [-0.4, -0.2) is 69.9 Å². The highest BCUT2D eigenvalue weighted by Crippen LogP contribution is 2.49. The van der Waals surface area contributed by atoms with Crippen LogP contribution >= 0.6 is 0 Å². The molecule has 1 aromatic heterocycles. The molecule has 6 rings (SSSR count). The van der Waals surface area contributed by atoms with Crippen LogP contribution in [0.25, 0.3) is 11.1 Å². The highest BCUT2D eigenvalue weighted by atomic mass is 19.3. The van der Waals surface area contributed by atoms with Gasteiger partial charge in [-0.15, -0.1) is 0 Å². The molecular formula is C30H34F2N4O4. The summed E-state index contributed by atoms with van der Waals surface area (Å²) in [6.45, 7) is 5.59. The number of aliphatic hydroxyl groups is 1. The quantitative estimate of drug-likeness (QED) is 0.483. The molecule has 3 aromatic rings. The maximum atomic E-state index is 15.7. The molecule has 1 spiro atoms. The Hall–Kier alpha value is -3.53. The number of hydrogen-bond acceptors (Lipinski definition) is 7. The predicted octanol–water partition coefficient (Wildman–Crippen LogP) is 5.07. The lowest BCUT2D eigenvalue weighted by Gasteiger charge is -2.48. The SMILES string of the molecule is CC(C)c1noc(N2CCC3(CC2)Oc2ccc(-c4ccc(C(=O)N5CCCC(O)C5)cc4)cc2CC3(F)F)n1. The maximum Gasteiger partial charge on any atom is 0.324 e. The Labute approximate surface area is 231 Å². The van der Waals surface area contributed by atoms with Crippen molar-refractivity contribution in [3.05, 3.63) is 59.4 Å². The van der Waals surface area contributed by atoms with Gasteiger partial charge >= 0.3 is 6.01 Å². The van der Waals surface area contributed by atoms with Crippen LogP contribution in [0, 0.1) is 0 Å². The predicted molar refractivity (Wildman–Crippen MR) is 145 cm³/mol. The van der Waals surface area contributed by atoms with Crippen molar-refractivity contribution in [1.82, 2.24) is 15.0 Å². The van der Waals surface area contributed by atoms with Gasteiger partial charge < -0.3 is 24.2 Å². The second kappa shape index (κ2) is 10.1. The van der Waals surface area contributed by atoms with Crippen molar-refractivity contribution < 1.29 is 27.9 Å². The lowest BCUT2D eigenvalue weighted by Crippen LogP contribution is -2.61. The summed E-state index contributed by atoms with van der Waals surface area (Å²) in [6.07, 6.45) is 0.895. The molecular weight excluding hydrogens is 518 g/mol. The number of β-amino-alcohol motifs (C(OH)–C–C–N with tert-alkyl or cyclic N) is 1. The monoisotopic (exact) mass is 552 g/mol. The lowest BCUT2D eigenvalue weighted by molar-refractivity contribution is -0.185. The standard InChI is InChI=1S/C30H34F2N4O4/c1-19(2)26-33-28(40-34-26)35-14-11-29(12-15-35)30(31,32)17-23-16-22(9-10-25(23)39-29)20-5-7-21(8-6-20)27(38)36-13-3-4-24(37)18-36/h5-10,16,19,24,37H,3-4,11-15,17-18H2,1-2H3. The van der Waals surface area contributed by atoms with E-state index in [2.05, 4.69) is 10.1 Å². The second-order valence-corrected chi connectivity index (χ2v) is 11.5. The van der Waals surface area contributed by atoms with Crippen LogP contribution in [0.15, 0.2) is 47.0 Å². The molecule has 0 aliphatic carbocycles. The zero-order valence-electron chi connectivity index (χ0n) is 22.8. The molecule has 1 atom stereocenters. The summed E-state index contributed by atoms with van der Waals surface area (Å²) in [5.74, 6) is -1.95. The molecule has 0 radical (unpaired) electrons. The fourth-order valence-electron chi connectivity index (χ4n) is 5.93. The van der Waals surface area contributed by atoms with Crippen molar-refractivity contribution in [1.29, 1.82) is 0 Å². The summed E-state index contributed by atoms with van der Waals surface area (Å²) in [6, 6.07) is 12.9. The third-order valence-electron chi connectivity index (χ3n) is 8.38. The molecule has 2 fully saturated rings. The number of hydrogen-bond donors (Lipinski definition) is 1. The highest BCUT2D eigenvalue weighted by Gasteiger charge is 2.59. The summed E-state index contributed by atoms with van der Waals surface area (Å²) in [5, 5.41) is 13.9. The van der Waals surface area contributed by atoms with E-state index in [0.717, 1.165) is 17.5 Å². The number of alkyl halides is 2. The highest BCUT2D eigenvalue weighted by molar-refractivity contribution is 5.94. The first-order chi connectivity index (χ1) is 19.1. The van der Waals surface area contributed by atoms with Gasteiger partial charge in [-0.1, -0.05) is 37.2 Å². The minimum atomic E-state index is -3.04. The molecule has 0 bridgehead atoms. The molecule has 1 N–H and O–H groups in total. The number of ether oxygens (including phenoxy) is 1. The lowest BCUT2D eigenvalue weighted by atomic mass is 9.79. The molecule has 3 aliphatic rings. The van der Waals surface area contributed by atoms with Gasteiger partial charge in [-0.25, -0.2) is 8.78 Å². The van der Waals surface area contributed by atoms with Gasteiger partial charge in [0.05, 0.1) is 6.10 Å². The van der Waals surface area contributed by atoms with Crippen molar-refractivity contribution in [2.75, 3.05) is 31.1 Å². The Bertz CT molecular complexity index is 1380. The van der Waals surface area contributed by atoms with E-state index in [1.807, 2.05) is 36.9 Å².